The molecule has 1 N–H and O–H groups in total. The zero-order valence-corrected chi connectivity index (χ0v) is 16.9. The molecule has 0 radical (unpaired) electrons. The Balaban J connectivity index is 1.34. The number of aromatic hydroxyl groups is 1. The molecule has 3 aliphatic rings. The molecule has 7 nitrogen and oxygen atoms in total. The monoisotopic (exact) mass is 409 g/mol. The number of halogens is 1. The zero-order chi connectivity index (χ0) is 20.9. The van der Waals surface area contributed by atoms with Gasteiger partial charge in [-0.3, -0.25) is 4.90 Å². The normalized spacial score (nSPS) is 28.6. The fraction of sp³-hybridized carbons (Fsp3) is 0.409. The summed E-state index contributed by atoms with van der Waals surface area (Å²) in [5.74, 6) is 0.543. The Morgan fingerprint density at radius 2 is 2.10 bits per heavy atom. The van der Waals surface area contributed by atoms with Crippen molar-refractivity contribution in [3.63, 3.8) is 0 Å². The number of fused-ring (bicyclic) bond motifs is 3. The minimum Gasteiger partial charge on any atom is -0.507 e. The number of alkyl halides is 1. The van der Waals surface area contributed by atoms with E-state index in [9.17, 15) is 5.11 Å². The highest BCUT2D eigenvalue weighted by atomic mass is 19.1. The Labute approximate surface area is 174 Å². The van der Waals surface area contributed by atoms with Crippen molar-refractivity contribution in [1.29, 1.82) is 0 Å². The van der Waals surface area contributed by atoms with Crippen molar-refractivity contribution in [1.82, 2.24) is 24.6 Å². The van der Waals surface area contributed by atoms with E-state index in [1.807, 2.05) is 20.0 Å². The van der Waals surface area contributed by atoms with Crippen LogP contribution < -0.4 is 4.74 Å². The maximum absolute atomic E-state index is 15.2. The molecule has 8 heteroatoms. The van der Waals surface area contributed by atoms with E-state index in [-0.39, 0.29) is 11.7 Å². The van der Waals surface area contributed by atoms with E-state index in [0.29, 0.717) is 17.1 Å². The van der Waals surface area contributed by atoms with Crippen LogP contribution in [-0.4, -0.2) is 61.2 Å². The third-order valence-electron chi connectivity index (χ3n) is 6.71. The third kappa shape index (κ3) is 3.02. The molecule has 4 atom stereocenters. The number of aromatic nitrogens is 4. The van der Waals surface area contributed by atoms with Crippen molar-refractivity contribution in [2.75, 3.05) is 13.6 Å². The Morgan fingerprint density at radius 1 is 1.23 bits per heavy atom. The smallest absolute Gasteiger partial charge is 0.233 e. The summed E-state index contributed by atoms with van der Waals surface area (Å²) in [6, 6.07) is 8.71. The highest BCUT2D eigenvalue weighted by Gasteiger charge is 2.55. The quantitative estimate of drug-likeness (QED) is 0.713. The van der Waals surface area contributed by atoms with Crippen LogP contribution in [0.5, 0.6) is 11.6 Å². The van der Waals surface area contributed by atoms with Gasteiger partial charge in [-0.15, -0.1) is 10.2 Å². The third-order valence-corrected chi connectivity index (χ3v) is 6.71. The van der Waals surface area contributed by atoms with Crippen LogP contribution in [0.4, 0.5) is 4.39 Å². The molecule has 2 saturated heterocycles. The molecule has 3 aromatic rings. The van der Waals surface area contributed by atoms with Crippen molar-refractivity contribution in [2.24, 2.45) is 5.92 Å². The first kappa shape index (κ1) is 19.0. The first-order chi connectivity index (χ1) is 14.5. The first-order valence-electron chi connectivity index (χ1n) is 10.1. The van der Waals surface area contributed by atoms with E-state index < -0.39 is 17.8 Å². The number of hydrogen-bond acceptors (Lipinski definition) is 6. The zero-order valence-electron chi connectivity index (χ0n) is 16.9. The predicted octanol–water partition coefficient (Wildman–Crippen LogP) is 3.23. The Hall–Kier alpha value is -3.00. The number of phenols is 1. The number of hydrogen-bond donors (Lipinski definition) is 1. The van der Waals surface area contributed by atoms with E-state index >= 15 is 4.39 Å². The average Bonchev–Trinajstić information content (AvgIpc) is 3.28. The van der Waals surface area contributed by atoms with Gasteiger partial charge in [-0.1, -0.05) is 0 Å². The van der Waals surface area contributed by atoms with Gasteiger partial charge in [-0.25, -0.2) is 9.37 Å². The molecule has 156 valence electrons. The molecular weight excluding hydrogens is 385 g/mol. The molecule has 30 heavy (non-hydrogen) atoms. The minimum absolute atomic E-state index is 0.0912. The lowest BCUT2D eigenvalue weighted by Gasteiger charge is -2.56. The van der Waals surface area contributed by atoms with Gasteiger partial charge in [-0.05, 0) is 45.0 Å². The number of nitrogens with zero attached hydrogens (tertiary/aromatic N) is 5. The standard InChI is InChI=1S/C22H24FN5O2/c1-22-8-7-14(12-27(22)2)20(21(22)23)30-19-6-5-17(25-26-19)16-4-3-15(11-18(16)29)28-10-9-24-13-28/h3-6,9-11,13-14,20-21,29H,7-8,12H2,1-2H3/t14?,20-,21+,22-/m0/s1. The van der Waals surface area contributed by atoms with Crippen LogP contribution in [0.3, 0.4) is 0 Å². The van der Waals surface area contributed by atoms with Crippen LogP contribution in [0.2, 0.25) is 0 Å². The van der Waals surface area contributed by atoms with E-state index in [0.717, 1.165) is 25.1 Å². The highest BCUT2D eigenvalue weighted by Crippen LogP contribution is 2.45. The van der Waals surface area contributed by atoms with Gasteiger partial charge in [-0.2, -0.15) is 0 Å². The van der Waals surface area contributed by atoms with Crippen molar-refractivity contribution in [3.05, 3.63) is 49.1 Å². The Morgan fingerprint density at radius 3 is 2.77 bits per heavy atom. The molecule has 0 amide bonds. The van der Waals surface area contributed by atoms with Gasteiger partial charge in [0.2, 0.25) is 5.88 Å². The second-order valence-corrected chi connectivity index (χ2v) is 8.45. The molecule has 1 aromatic carbocycles. The predicted molar refractivity (Wildman–Crippen MR) is 109 cm³/mol. The Bertz CT molecular complexity index is 1040. The number of ether oxygens (including phenoxy) is 1. The first-order valence-corrected chi connectivity index (χ1v) is 10.1. The summed E-state index contributed by atoms with van der Waals surface area (Å²) in [6.45, 7) is 2.79. The molecule has 6 rings (SSSR count). The molecule has 0 spiro atoms. The lowest BCUT2D eigenvalue weighted by Crippen LogP contribution is -2.68. The van der Waals surface area contributed by atoms with Gasteiger partial charge in [0.25, 0.3) is 0 Å². The second-order valence-electron chi connectivity index (χ2n) is 8.45. The largest absolute Gasteiger partial charge is 0.507 e. The number of benzene rings is 1. The van der Waals surface area contributed by atoms with Crippen LogP contribution in [0.15, 0.2) is 49.1 Å². The molecule has 3 fully saturated rings. The number of piperidine rings is 2. The summed E-state index contributed by atoms with van der Waals surface area (Å²) >= 11 is 0. The van der Waals surface area contributed by atoms with E-state index in [4.69, 9.17) is 4.74 Å². The maximum Gasteiger partial charge on any atom is 0.233 e. The number of rotatable bonds is 4. The number of imidazole rings is 1. The molecule has 1 saturated carbocycles. The van der Waals surface area contributed by atoms with Crippen LogP contribution in [0, 0.1) is 5.92 Å². The topological polar surface area (TPSA) is 76.3 Å². The SMILES string of the molecule is CN1CC2CC[C@@]1(C)[C@H](F)[C@H]2Oc1ccc(-c2ccc(-n3ccnc3)cc2O)nn1. The molecule has 2 aromatic heterocycles. The minimum atomic E-state index is -1.07. The summed E-state index contributed by atoms with van der Waals surface area (Å²) in [5, 5.41) is 18.8. The van der Waals surface area contributed by atoms with Gasteiger partial charge >= 0.3 is 0 Å². The van der Waals surface area contributed by atoms with Crippen molar-refractivity contribution < 1.29 is 14.2 Å². The fourth-order valence-electron chi connectivity index (χ4n) is 4.66. The van der Waals surface area contributed by atoms with Crippen LogP contribution >= 0.6 is 0 Å². The van der Waals surface area contributed by atoms with Crippen molar-refractivity contribution in [2.45, 2.75) is 37.6 Å². The number of phenolic OH excluding ortho intramolecular Hbond substituents is 1. The van der Waals surface area contributed by atoms with Gasteiger partial charge in [0.15, 0.2) is 6.17 Å². The van der Waals surface area contributed by atoms with Gasteiger partial charge in [0.05, 0.1) is 23.2 Å². The fourth-order valence-corrected chi connectivity index (χ4v) is 4.66. The van der Waals surface area contributed by atoms with E-state index in [1.165, 1.54) is 0 Å². The summed E-state index contributed by atoms with van der Waals surface area (Å²) in [6.07, 6.45) is 5.35. The summed E-state index contributed by atoms with van der Waals surface area (Å²) in [4.78, 5) is 6.12. The van der Waals surface area contributed by atoms with Crippen LogP contribution in [-0.2, 0) is 0 Å². The van der Waals surface area contributed by atoms with E-state index in [1.54, 1.807) is 47.6 Å². The van der Waals surface area contributed by atoms with Crippen molar-refractivity contribution in [3.8, 4) is 28.6 Å². The average molecular weight is 409 g/mol. The summed E-state index contributed by atoms with van der Waals surface area (Å²) < 4.78 is 22.9. The summed E-state index contributed by atoms with van der Waals surface area (Å²) in [5.41, 5.74) is 1.38. The van der Waals surface area contributed by atoms with Crippen LogP contribution in [0.1, 0.15) is 19.8 Å². The molecule has 2 bridgehead atoms. The van der Waals surface area contributed by atoms with Gasteiger partial charge in [0, 0.05) is 42.6 Å². The molecule has 1 unspecified atom stereocenters. The van der Waals surface area contributed by atoms with Gasteiger partial charge < -0.3 is 14.4 Å². The van der Waals surface area contributed by atoms with Crippen LogP contribution in [0.25, 0.3) is 16.9 Å². The van der Waals surface area contributed by atoms with Gasteiger partial charge in [0.1, 0.15) is 11.9 Å². The summed E-state index contributed by atoms with van der Waals surface area (Å²) in [7, 11) is 1.98. The lowest BCUT2D eigenvalue weighted by molar-refractivity contribution is -0.136. The Kier molecular flexibility index (Phi) is 4.47. The van der Waals surface area contributed by atoms with Crippen molar-refractivity contribution >= 4 is 0 Å². The lowest BCUT2D eigenvalue weighted by atomic mass is 9.68. The molecule has 1 aliphatic carbocycles. The molecular formula is C22H24FN5O2. The second kappa shape index (κ2) is 7.05. The molecule has 2 aliphatic heterocycles. The maximum atomic E-state index is 15.2. The van der Waals surface area contributed by atoms with E-state index in [2.05, 4.69) is 20.1 Å². The molecule has 4 heterocycles. The highest BCUT2D eigenvalue weighted by molar-refractivity contribution is 5.68.